The minimum Gasteiger partial charge on any atom is -0.478 e. The first-order valence-electron chi connectivity index (χ1n) is 10.5. The lowest BCUT2D eigenvalue weighted by Gasteiger charge is -2.23. The maximum absolute atomic E-state index is 13.1. The Bertz CT molecular complexity index is 1240. The highest BCUT2D eigenvalue weighted by molar-refractivity contribution is 6.30. The second kappa shape index (κ2) is 11.3. The van der Waals surface area contributed by atoms with E-state index in [4.69, 9.17) is 21.1 Å². The zero-order valence-electron chi connectivity index (χ0n) is 18.9. The van der Waals surface area contributed by atoms with Crippen LogP contribution >= 0.6 is 11.6 Å². The molecule has 3 aromatic rings. The van der Waals surface area contributed by atoms with Gasteiger partial charge in [0.25, 0.3) is 5.91 Å². The molecule has 35 heavy (non-hydrogen) atoms. The van der Waals surface area contributed by atoms with Gasteiger partial charge in [0, 0.05) is 10.7 Å². The number of esters is 2. The van der Waals surface area contributed by atoms with Crippen molar-refractivity contribution in [2.75, 3.05) is 5.32 Å². The van der Waals surface area contributed by atoms with Crippen LogP contribution in [0, 0.1) is 13.8 Å². The van der Waals surface area contributed by atoms with Gasteiger partial charge < -0.3 is 19.9 Å². The third-order valence-electron chi connectivity index (χ3n) is 4.91. The summed E-state index contributed by atoms with van der Waals surface area (Å²) in [6.45, 7) is 3.64. The normalized spacial score (nSPS) is 12.2. The number of anilines is 1. The molecule has 0 aromatic heterocycles. The van der Waals surface area contributed by atoms with E-state index >= 15 is 0 Å². The summed E-state index contributed by atoms with van der Waals surface area (Å²) in [4.78, 5) is 50.5. The molecule has 0 aliphatic carbocycles. The second-order valence-electron chi connectivity index (χ2n) is 7.72. The Balaban J connectivity index is 1.90. The Hall–Kier alpha value is -4.17. The molecule has 0 spiro atoms. The highest BCUT2D eigenvalue weighted by Gasteiger charge is 2.41. The van der Waals surface area contributed by atoms with E-state index in [-0.39, 0.29) is 16.8 Å². The van der Waals surface area contributed by atoms with Crippen LogP contribution in [0.15, 0.2) is 72.8 Å². The fourth-order valence-electron chi connectivity index (χ4n) is 3.02. The molecule has 3 aromatic carbocycles. The van der Waals surface area contributed by atoms with Crippen molar-refractivity contribution in [2.45, 2.75) is 26.1 Å². The van der Waals surface area contributed by atoms with Crippen molar-refractivity contribution in [2.24, 2.45) is 0 Å². The van der Waals surface area contributed by atoms with Gasteiger partial charge in [-0.3, -0.25) is 4.79 Å². The number of hydrogen-bond donors (Lipinski definition) is 2. The predicted molar refractivity (Wildman–Crippen MR) is 128 cm³/mol. The molecular formula is C26H22ClNO7. The van der Waals surface area contributed by atoms with Gasteiger partial charge in [0.15, 0.2) is 0 Å². The number of hydrogen-bond acceptors (Lipinski definition) is 6. The molecule has 2 N–H and O–H groups in total. The lowest BCUT2D eigenvalue weighted by atomic mass is 10.1. The molecule has 0 aliphatic rings. The largest absolute Gasteiger partial charge is 0.478 e. The Morgan fingerprint density at radius 1 is 0.771 bits per heavy atom. The Kier molecular flexibility index (Phi) is 8.22. The number of halogens is 1. The van der Waals surface area contributed by atoms with E-state index in [9.17, 15) is 24.3 Å². The topological polar surface area (TPSA) is 119 Å². The monoisotopic (exact) mass is 495 g/mol. The number of benzene rings is 3. The van der Waals surface area contributed by atoms with E-state index in [0.29, 0.717) is 5.02 Å². The second-order valence-corrected chi connectivity index (χ2v) is 8.16. The van der Waals surface area contributed by atoms with Crippen LogP contribution in [-0.4, -0.2) is 41.1 Å². The van der Waals surface area contributed by atoms with Crippen LogP contribution in [0.5, 0.6) is 0 Å². The fraction of sp³-hybridized carbons (Fsp3) is 0.154. The van der Waals surface area contributed by atoms with Gasteiger partial charge in [-0.1, -0.05) is 53.1 Å². The van der Waals surface area contributed by atoms with Crippen LogP contribution in [-0.2, 0) is 19.1 Å². The van der Waals surface area contributed by atoms with Crippen molar-refractivity contribution in [1.29, 1.82) is 0 Å². The third kappa shape index (κ3) is 6.91. The highest BCUT2D eigenvalue weighted by Crippen LogP contribution is 2.19. The number of nitrogens with one attached hydrogen (secondary N) is 1. The van der Waals surface area contributed by atoms with Gasteiger partial charge in [-0.2, -0.15) is 0 Å². The van der Waals surface area contributed by atoms with Crippen LogP contribution in [0.4, 0.5) is 5.69 Å². The summed E-state index contributed by atoms with van der Waals surface area (Å²) in [5.74, 6) is -4.65. The predicted octanol–water partition coefficient (Wildman–Crippen LogP) is 4.43. The average molecular weight is 496 g/mol. The van der Waals surface area contributed by atoms with Gasteiger partial charge in [-0.25, -0.2) is 14.4 Å². The van der Waals surface area contributed by atoms with Crippen LogP contribution in [0.3, 0.4) is 0 Å². The van der Waals surface area contributed by atoms with E-state index in [0.717, 1.165) is 11.1 Å². The standard InChI is InChI=1S/C26H22ClNO7/c1-15-6-10-17(11-7-15)25(32)34-21(23(29)28-20-5-3-4-19(27)14-20)22(24(30)31)35-26(33)18-12-8-16(2)9-13-18/h3-14,21-22H,1-2H3,(H,28,29)(H,30,31)/t21-,22-/m0/s1. The van der Waals surface area contributed by atoms with Gasteiger partial charge in [0.1, 0.15) is 0 Å². The number of carboxylic acid groups (broad SMARTS) is 1. The number of ether oxygens (including phenoxy) is 2. The lowest BCUT2D eigenvalue weighted by Crippen LogP contribution is -2.48. The summed E-state index contributed by atoms with van der Waals surface area (Å²) in [5.41, 5.74) is 2.15. The third-order valence-corrected chi connectivity index (χ3v) is 5.15. The molecule has 180 valence electrons. The maximum Gasteiger partial charge on any atom is 0.349 e. The average Bonchev–Trinajstić information content (AvgIpc) is 2.81. The van der Waals surface area contributed by atoms with Gasteiger partial charge >= 0.3 is 17.9 Å². The SMILES string of the molecule is Cc1ccc(C(=O)O[C@H](C(=O)O)[C@H](OC(=O)c2ccc(C)cc2)C(=O)Nc2cccc(Cl)c2)cc1. The zero-order valence-corrected chi connectivity index (χ0v) is 19.6. The Morgan fingerprint density at radius 3 is 1.71 bits per heavy atom. The lowest BCUT2D eigenvalue weighted by molar-refractivity contribution is -0.157. The number of rotatable bonds is 8. The highest BCUT2D eigenvalue weighted by atomic mass is 35.5. The van der Waals surface area contributed by atoms with Crippen molar-refractivity contribution in [3.63, 3.8) is 0 Å². The first kappa shape index (κ1) is 25.5. The number of carbonyl (C=O) groups excluding carboxylic acids is 3. The minimum atomic E-state index is -2.13. The minimum absolute atomic E-state index is 0.0701. The molecule has 0 aliphatic heterocycles. The Labute approximate surface area is 206 Å². The first-order valence-corrected chi connectivity index (χ1v) is 10.9. The van der Waals surface area contributed by atoms with Crippen LogP contribution in [0.25, 0.3) is 0 Å². The van der Waals surface area contributed by atoms with Crippen LogP contribution in [0.1, 0.15) is 31.8 Å². The van der Waals surface area contributed by atoms with Crippen molar-refractivity contribution < 1.29 is 33.8 Å². The molecule has 0 heterocycles. The number of carboxylic acids is 1. The molecule has 0 unspecified atom stereocenters. The molecule has 0 bridgehead atoms. The fourth-order valence-corrected chi connectivity index (χ4v) is 3.21. The summed E-state index contributed by atoms with van der Waals surface area (Å²) in [7, 11) is 0. The molecule has 0 saturated heterocycles. The molecular weight excluding hydrogens is 474 g/mol. The van der Waals surface area contributed by atoms with Crippen LogP contribution in [0.2, 0.25) is 5.02 Å². The van der Waals surface area contributed by atoms with Crippen molar-refractivity contribution >= 4 is 41.1 Å². The van der Waals surface area contributed by atoms with E-state index in [1.807, 2.05) is 13.8 Å². The van der Waals surface area contributed by atoms with E-state index in [1.165, 1.54) is 36.4 Å². The maximum atomic E-state index is 13.1. The van der Waals surface area contributed by atoms with E-state index in [1.54, 1.807) is 36.4 Å². The van der Waals surface area contributed by atoms with Crippen molar-refractivity contribution in [3.05, 3.63) is 100 Å². The van der Waals surface area contributed by atoms with Gasteiger partial charge in [-0.05, 0) is 56.3 Å². The summed E-state index contributed by atoms with van der Waals surface area (Å²) in [6, 6.07) is 18.5. The molecule has 8 nitrogen and oxygen atoms in total. The molecule has 1 amide bonds. The Morgan fingerprint density at radius 2 is 1.26 bits per heavy atom. The molecule has 3 rings (SSSR count). The molecule has 0 saturated carbocycles. The summed E-state index contributed by atoms with van der Waals surface area (Å²) in [6.07, 6.45) is -4.13. The summed E-state index contributed by atoms with van der Waals surface area (Å²) < 4.78 is 10.4. The summed E-state index contributed by atoms with van der Waals surface area (Å²) in [5, 5.41) is 12.6. The molecule has 2 atom stereocenters. The molecule has 9 heteroatoms. The number of amides is 1. The number of aliphatic carboxylic acids is 1. The first-order chi connectivity index (χ1) is 16.6. The van der Waals surface area contributed by atoms with Crippen LogP contribution < -0.4 is 5.32 Å². The molecule has 0 fully saturated rings. The summed E-state index contributed by atoms with van der Waals surface area (Å²) >= 11 is 5.95. The van der Waals surface area contributed by atoms with Gasteiger partial charge in [0.2, 0.25) is 12.2 Å². The van der Waals surface area contributed by atoms with Crippen molar-refractivity contribution in [1.82, 2.24) is 0 Å². The van der Waals surface area contributed by atoms with E-state index < -0.39 is 36.0 Å². The smallest absolute Gasteiger partial charge is 0.349 e. The van der Waals surface area contributed by atoms with Crippen molar-refractivity contribution in [3.8, 4) is 0 Å². The quantitative estimate of drug-likeness (QED) is 0.443. The number of aryl methyl sites for hydroxylation is 2. The van der Waals surface area contributed by atoms with Gasteiger partial charge in [0.05, 0.1) is 11.1 Å². The number of carbonyl (C=O) groups is 4. The molecule has 0 radical (unpaired) electrons. The van der Waals surface area contributed by atoms with Gasteiger partial charge in [-0.15, -0.1) is 0 Å². The zero-order chi connectivity index (χ0) is 25.5. The van der Waals surface area contributed by atoms with E-state index in [2.05, 4.69) is 5.32 Å².